The number of fused-ring (bicyclic) bond motifs is 3. The molecule has 0 spiro atoms. The van der Waals surface area contributed by atoms with Crippen LogP contribution >= 0.6 is 0 Å². The van der Waals surface area contributed by atoms with Gasteiger partial charge in [0.25, 0.3) is 0 Å². The highest BCUT2D eigenvalue weighted by molar-refractivity contribution is 5.86. The number of nitrogens with two attached hydrogens (primary N) is 1. The smallest absolute Gasteiger partial charge is 0.190 e. The van der Waals surface area contributed by atoms with Crippen LogP contribution in [-0.4, -0.2) is 29.5 Å². The molecule has 4 rings (SSSR count). The third kappa shape index (κ3) is 1.38. The van der Waals surface area contributed by atoms with E-state index < -0.39 is 5.82 Å². The van der Waals surface area contributed by atoms with Gasteiger partial charge >= 0.3 is 0 Å². The second-order valence-corrected chi connectivity index (χ2v) is 4.29. The number of H-pyrrole nitrogens is 1. The third-order valence-corrected chi connectivity index (χ3v) is 3.09. The van der Waals surface area contributed by atoms with Gasteiger partial charge in [0.1, 0.15) is 17.7 Å². The molecule has 0 aliphatic rings. The fourth-order valence-corrected chi connectivity index (χ4v) is 2.15. The number of aromatic amines is 1. The van der Waals surface area contributed by atoms with Crippen LogP contribution in [0, 0.1) is 5.82 Å². The maximum Gasteiger partial charge on any atom is 0.190 e. The summed E-state index contributed by atoms with van der Waals surface area (Å²) >= 11 is 0. The van der Waals surface area contributed by atoms with Crippen LogP contribution in [0.5, 0.6) is 0 Å². The van der Waals surface area contributed by atoms with Crippen molar-refractivity contribution < 1.29 is 4.39 Å². The van der Waals surface area contributed by atoms with Gasteiger partial charge < -0.3 is 10.7 Å². The largest absolute Gasteiger partial charge is 0.398 e. The SMILES string of the molecule is Nc1cc(F)ccc1-c1nnc2c3[nH]cnc3ncn12. The number of nitrogens with one attached hydrogen (secondary N) is 1. The first-order valence-corrected chi connectivity index (χ1v) is 5.82. The Bertz CT molecular complexity index is 939. The van der Waals surface area contributed by atoms with Gasteiger partial charge in [-0.3, -0.25) is 4.40 Å². The normalized spacial score (nSPS) is 11.4. The molecule has 0 atom stereocenters. The van der Waals surface area contributed by atoms with Gasteiger partial charge in [0, 0.05) is 11.3 Å². The van der Waals surface area contributed by atoms with E-state index in [0.29, 0.717) is 33.9 Å². The lowest BCUT2D eigenvalue weighted by atomic mass is 10.1. The van der Waals surface area contributed by atoms with E-state index in [9.17, 15) is 4.39 Å². The summed E-state index contributed by atoms with van der Waals surface area (Å²) in [5.74, 6) is 0.107. The first-order valence-electron chi connectivity index (χ1n) is 5.82. The first-order chi connectivity index (χ1) is 9.74. The Kier molecular flexibility index (Phi) is 2.02. The molecule has 4 aromatic rings. The van der Waals surface area contributed by atoms with Crippen molar-refractivity contribution >= 4 is 22.5 Å². The second kappa shape index (κ2) is 3.73. The topological polar surface area (TPSA) is 97.8 Å². The highest BCUT2D eigenvalue weighted by Gasteiger charge is 2.14. The van der Waals surface area contributed by atoms with Crippen molar-refractivity contribution in [2.45, 2.75) is 0 Å². The number of rotatable bonds is 1. The summed E-state index contributed by atoms with van der Waals surface area (Å²) in [6.45, 7) is 0. The van der Waals surface area contributed by atoms with Gasteiger partial charge in [-0.05, 0) is 18.2 Å². The zero-order valence-electron chi connectivity index (χ0n) is 10.1. The van der Waals surface area contributed by atoms with E-state index in [1.165, 1.54) is 18.5 Å². The predicted molar refractivity (Wildman–Crippen MR) is 70.2 cm³/mol. The molecule has 3 aromatic heterocycles. The Morgan fingerprint density at radius 2 is 2.10 bits per heavy atom. The first kappa shape index (κ1) is 10.9. The molecule has 0 aliphatic carbocycles. The van der Waals surface area contributed by atoms with Crippen molar-refractivity contribution in [3.8, 4) is 11.4 Å². The van der Waals surface area contributed by atoms with Crippen LogP contribution in [0.4, 0.5) is 10.1 Å². The molecule has 7 nitrogen and oxygen atoms in total. The number of anilines is 1. The number of nitrogen functional groups attached to an aromatic ring is 1. The lowest BCUT2D eigenvalue weighted by molar-refractivity contribution is 0.628. The summed E-state index contributed by atoms with van der Waals surface area (Å²) in [4.78, 5) is 11.2. The van der Waals surface area contributed by atoms with E-state index in [1.54, 1.807) is 16.8 Å². The summed E-state index contributed by atoms with van der Waals surface area (Å²) in [6, 6.07) is 4.14. The van der Waals surface area contributed by atoms with Crippen molar-refractivity contribution in [3.63, 3.8) is 0 Å². The van der Waals surface area contributed by atoms with Gasteiger partial charge in [0.05, 0.1) is 6.33 Å². The molecule has 0 amide bonds. The van der Waals surface area contributed by atoms with E-state index in [2.05, 4.69) is 25.1 Å². The molecule has 3 heterocycles. The van der Waals surface area contributed by atoms with Gasteiger partial charge in [-0.1, -0.05) is 0 Å². The quantitative estimate of drug-likeness (QED) is 0.509. The number of aromatic nitrogens is 6. The standard InChI is InChI=1S/C12H8FN7/c13-6-1-2-7(8(14)3-6)11-18-19-12-9-10(16-4-15-9)17-5-20(11)12/h1-5H,14H2,(H,15,16). The van der Waals surface area contributed by atoms with E-state index in [-0.39, 0.29) is 0 Å². The Labute approximate surface area is 111 Å². The Morgan fingerprint density at radius 1 is 1.20 bits per heavy atom. The average molecular weight is 269 g/mol. The maximum absolute atomic E-state index is 13.1. The molecule has 3 N–H and O–H groups in total. The van der Waals surface area contributed by atoms with Crippen molar-refractivity contribution in [2.75, 3.05) is 5.73 Å². The van der Waals surface area contributed by atoms with Crippen molar-refractivity contribution in [2.24, 2.45) is 0 Å². The Morgan fingerprint density at radius 3 is 2.95 bits per heavy atom. The summed E-state index contributed by atoms with van der Waals surface area (Å²) in [5.41, 5.74) is 8.56. The van der Waals surface area contributed by atoms with Crippen LogP contribution in [0.15, 0.2) is 30.9 Å². The van der Waals surface area contributed by atoms with Gasteiger partial charge in [-0.2, -0.15) is 0 Å². The lowest BCUT2D eigenvalue weighted by Gasteiger charge is -2.03. The molecule has 0 bridgehead atoms. The number of hydrogen-bond donors (Lipinski definition) is 2. The number of imidazole rings is 1. The fraction of sp³-hybridized carbons (Fsp3) is 0. The van der Waals surface area contributed by atoms with Crippen LogP contribution < -0.4 is 5.73 Å². The number of benzene rings is 1. The molecule has 0 radical (unpaired) electrons. The Balaban J connectivity index is 2.05. The van der Waals surface area contributed by atoms with Crippen LogP contribution in [0.1, 0.15) is 0 Å². The molecule has 0 fully saturated rings. The maximum atomic E-state index is 13.1. The molecule has 98 valence electrons. The van der Waals surface area contributed by atoms with Crippen LogP contribution in [-0.2, 0) is 0 Å². The zero-order valence-corrected chi connectivity index (χ0v) is 10.1. The Hall–Kier alpha value is -3.03. The molecule has 0 saturated carbocycles. The fourth-order valence-electron chi connectivity index (χ4n) is 2.15. The highest BCUT2D eigenvalue weighted by atomic mass is 19.1. The van der Waals surface area contributed by atoms with Gasteiger partial charge in [-0.25, -0.2) is 14.4 Å². The van der Waals surface area contributed by atoms with Crippen molar-refractivity contribution in [1.82, 2.24) is 29.5 Å². The van der Waals surface area contributed by atoms with Gasteiger partial charge in [-0.15, -0.1) is 10.2 Å². The molecular formula is C12H8FN7. The van der Waals surface area contributed by atoms with E-state index >= 15 is 0 Å². The monoisotopic (exact) mass is 269 g/mol. The molecule has 1 aromatic carbocycles. The van der Waals surface area contributed by atoms with E-state index in [0.717, 1.165) is 0 Å². The minimum atomic E-state index is -0.394. The predicted octanol–water partition coefficient (Wildman–Crippen LogP) is 1.39. The van der Waals surface area contributed by atoms with Crippen molar-refractivity contribution in [1.29, 1.82) is 0 Å². The minimum Gasteiger partial charge on any atom is -0.398 e. The average Bonchev–Trinajstić information content (AvgIpc) is 3.03. The van der Waals surface area contributed by atoms with Crippen molar-refractivity contribution in [3.05, 3.63) is 36.7 Å². The minimum absolute atomic E-state index is 0.295. The van der Waals surface area contributed by atoms with Gasteiger partial charge in [0.2, 0.25) is 0 Å². The summed E-state index contributed by atoms with van der Waals surface area (Å²) < 4.78 is 14.8. The molecule has 0 unspecified atom stereocenters. The molecule has 8 heteroatoms. The highest BCUT2D eigenvalue weighted by Crippen LogP contribution is 2.26. The summed E-state index contributed by atoms with van der Waals surface area (Å²) in [7, 11) is 0. The molecule has 0 aliphatic heterocycles. The van der Waals surface area contributed by atoms with Gasteiger partial charge in [0.15, 0.2) is 17.1 Å². The van der Waals surface area contributed by atoms with E-state index in [1.807, 2.05) is 0 Å². The second-order valence-electron chi connectivity index (χ2n) is 4.29. The third-order valence-electron chi connectivity index (χ3n) is 3.09. The molecular weight excluding hydrogens is 261 g/mol. The van der Waals surface area contributed by atoms with Crippen LogP contribution in [0.25, 0.3) is 28.2 Å². The van der Waals surface area contributed by atoms with Crippen LogP contribution in [0.2, 0.25) is 0 Å². The number of nitrogens with zero attached hydrogens (tertiary/aromatic N) is 5. The van der Waals surface area contributed by atoms with E-state index in [4.69, 9.17) is 5.73 Å². The molecule has 0 saturated heterocycles. The lowest BCUT2D eigenvalue weighted by Crippen LogP contribution is -1.96. The molecule has 20 heavy (non-hydrogen) atoms. The summed E-state index contributed by atoms with van der Waals surface area (Å²) in [6.07, 6.45) is 3.11. The number of halogens is 1. The zero-order chi connectivity index (χ0) is 13.7. The van der Waals surface area contributed by atoms with Crippen LogP contribution in [0.3, 0.4) is 0 Å². The summed E-state index contributed by atoms with van der Waals surface area (Å²) in [5, 5.41) is 8.22. The number of hydrogen-bond acceptors (Lipinski definition) is 5.